The Morgan fingerprint density at radius 2 is 2.27 bits per heavy atom. The summed E-state index contributed by atoms with van der Waals surface area (Å²) >= 11 is 5.96. The minimum Gasteiger partial charge on any atom is -0.317 e. The second kappa shape index (κ2) is 4.99. The van der Waals surface area contributed by atoms with E-state index in [1.165, 1.54) is 32.4 Å². The molecule has 1 fully saturated rings. The number of hydrogen-bond donors (Lipinski definition) is 1. The monoisotopic (exact) mass is 227 g/mol. The van der Waals surface area contributed by atoms with E-state index in [4.69, 9.17) is 11.6 Å². The number of hydrogen-bond acceptors (Lipinski definition) is 2. The summed E-state index contributed by atoms with van der Waals surface area (Å²) in [6, 6.07) is 0. The Balaban J connectivity index is 1.81. The van der Waals surface area contributed by atoms with Crippen molar-refractivity contribution in [2.75, 3.05) is 13.1 Å². The van der Waals surface area contributed by atoms with Crippen LogP contribution >= 0.6 is 11.6 Å². The van der Waals surface area contributed by atoms with Crippen LogP contribution in [0.4, 0.5) is 0 Å². The van der Waals surface area contributed by atoms with Crippen LogP contribution in [0.5, 0.6) is 0 Å². The SMILES string of the molecule is Cc1nn(CCC2CCNCC2)cc1Cl. The third-order valence-corrected chi connectivity index (χ3v) is 3.48. The smallest absolute Gasteiger partial charge is 0.0814 e. The Labute approximate surface area is 95.8 Å². The van der Waals surface area contributed by atoms with Crippen molar-refractivity contribution in [3.8, 4) is 0 Å². The molecule has 1 saturated heterocycles. The van der Waals surface area contributed by atoms with Gasteiger partial charge in [-0.1, -0.05) is 11.6 Å². The average molecular weight is 228 g/mol. The topological polar surface area (TPSA) is 29.9 Å². The molecule has 0 radical (unpaired) electrons. The molecule has 0 atom stereocenters. The number of nitrogens with one attached hydrogen (secondary N) is 1. The van der Waals surface area contributed by atoms with Crippen molar-refractivity contribution in [3.63, 3.8) is 0 Å². The summed E-state index contributed by atoms with van der Waals surface area (Å²) in [6.45, 7) is 5.29. The molecular weight excluding hydrogens is 210 g/mol. The second-order valence-corrected chi connectivity index (χ2v) is 4.71. The molecule has 1 aliphatic rings. The normalized spacial score (nSPS) is 18.3. The molecule has 0 bridgehead atoms. The standard InChI is InChI=1S/C11H18ClN3/c1-9-11(12)8-15(14-9)7-4-10-2-5-13-6-3-10/h8,10,13H,2-7H2,1H3. The van der Waals surface area contributed by atoms with Crippen molar-refractivity contribution in [2.24, 2.45) is 5.92 Å². The Bertz CT molecular complexity index is 296. The van der Waals surface area contributed by atoms with E-state index in [2.05, 4.69) is 10.4 Å². The maximum Gasteiger partial charge on any atom is 0.0814 e. The molecule has 0 spiro atoms. The summed E-state index contributed by atoms with van der Waals surface area (Å²) in [6.07, 6.45) is 5.75. The van der Waals surface area contributed by atoms with Gasteiger partial charge in [0, 0.05) is 12.7 Å². The lowest BCUT2D eigenvalue weighted by atomic mass is 9.95. The highest BCUT2D eigenvalue weighted by Crippen LogP contribution is 2.18. The van der Waals surface area contributed by atoms with E-state index in [1.807, 2.05) is 17.8 Å². The van der Waals surface area contributed by atoms with Gasteiger partial charge in [-0.2, -0.15) is 5.10 Å². The van der Waals surface area contributed by atoms with Gasteiger partial charge in [0.15, 0.2) is 0 Å². The predicted molar refractivity (Wildman–Crippen MR) is 62.2 cm³/mol. The molecule has 2 heterocycles. The lowest BCUT2D eigenvalue weighted by Crippen LogP contribution is -2.28. The van der Waals surface area contributed by atoms with Gasteiger partial charge < -0.3 is 5.32 Å². The van der Waals surface area contributed by atoms with E-state index in [9.17, 15) is 0 Å². The van der Waals surface area contributed by atoms with Gasteiger partial charge >= 0.3 is 0 Å². The molecule has 84 valence electrons. The molecule has 1 aromatic rings. The first-order chi connectivity index (χ1) is 7.25. The molecule has 2 rings (SSSR count). The molecule has 0 unspecified atom stereocenters. The van der Waals surface area contributed by atoms with Crippen molar-refractivity contribution in [1.29, 1.82) is 0 Å². The largest absolute Gasteiger partial charge is 0.317 e. The van der Waals surface area contributed by atoms with E-state index < -0.39 is 0 Å². The van der Waals surface area contributed by atoms with E-state index in [0.717, 1.165) is 23.2 Å². The summed E-state index contributed by atoms with van der Waals surface area (Å²) in [5.41, 5.74) is 0.932. The zero-order valence-electron chi connectivity index (χ0n) is 9.17. The van der Waals surface area contributed by atoms with Crippen molar-refractivity contribution in [1.82, 2.24) is 15.1 Å². The molecule has 1 N–H and O–H groups in total. The van der Waals surface area contributed by atoms with E-state index >= 15 is 0 Å². The highest BCUT2D eigenvalue weighted by atomic mass is 35.5. The first-order valence-corrected chi connectivity index (χ1v) is 6.04. The third kappa shape index (κ3) is 2.95. The zero-order valence-corrected chi connectivity index (χ0v) is 9.93. The number of nitrogens with zero attached hydrogens (tertiary/aromatic N) is 2. The van der Waals surface area contributed by atoms with Crippen LogP contribution in [0.25, 0.3) is 0 Å². The molecular formula is C11H18ClN3. The zero-order chi connectivity index (χ0) is 10.7. The van der Waals surface area contributed by atoms with Gasteiger partial charge in [0.1, 0.15) is 0 Å². The van der Waals surface area contributed by atoms with Gasteiger partial charge in [-0.3, -0.25) is 4.68 Å². The molecule has 0 aliphatic carbocycles. The second-order valence-electron chi connectivity index (χ2n) is 4.31. The lowest BCUT2D eigenvalue weighted by molar-refractivity contribution is 0.332. The van der Waals surface area contributed by atoms with Crippen LogP contribution in [0.1, 0.15) is 25.0 Å². The minimum atomic E-state index is 0.778. The van der Waals surface area contributed by atoms with Gasteiger partial charge in [-0.05, 0) is 45.2 Å². The molecule has 4 heteroatoms. The summed E-state index contributed by atoms with van der Waals surface area (Å²) in [5, 5.41) is 8.52. The Hall–Kier alpha value is -0.540. The third-order valence-electron chi connectivity index (χ3n) is 3.11. The molecule has 0 aromatic carbocycles. The molecule has 15 heavy (non-hydrogen) atoms. The van der Waals surface area contributed by atoms with Crippen LogP contribution < -0.4 is 5.32 Å². The Morgan fingerprint density at radius 3 is 2.87 bits per heavy atom. The fraction of sp³-hybridized carbons (Fsp3) is 0.727. The number of halogens is 1. The molecule has 1 aliphatic heterocycles. The highest BCUT2D eigenvalue weighted by Gasteiger charge is 2.13. The molecule has 3 nitrogen and oxygen atoms in total. The van der Waals surface area contributed by atoms with Crippen LogP contribution in [-0.4, -0.2) is 22.9 Å². The number of rotatable bonds is 3. The number of aryl methyl sites for hydroxylation is 2. The van der Waals surface area contributed by atoms with Gasteiger partial charge in [0.05, 0.1) is 10.7 Å². The van der Waals surface area contributed by atoms with Crippen molar-refractivity contribution in [3.05, 3.63) is 16.9 Å². The average Bonchev–Trinajstić information content (AvgIpc) is 2.57. The first kappa shape index (κ1) is 11.0. The molecule has 1 aromatic heterocycles. The van der Waals surface area contributed by atoms with Crippen molar-refractivity contribution < 1.29 is 0 Å². The fourth-order valence-electron chi connectivity index (χ4n) is 2.09. The Kier molecular flexibility index (Phi) is 3.65. The summed E-state index contributed by atoms with van der Waals surface area (Å²) in [5.74, 6) is 0.856. The van der Waals surface area contributed by atoms with E-state index in [-0.39, 0.29) is 0 Å². The molecule has 0 saturated carbocycles. The summed E-state index contributed by atoms with van der Waals surface area (Å²) in [7, 11) is 0. The minimum absolute atomic E-state index is 0.778. The quantitative estimate of drug-likeness (QED) is 0.859. The van der Waals surface area contributed by atoms with Crippen LogP contribution in [0.2, 0.25) is 5.02 Å². The molecule has 0 amide bonds. The van der Waals surface area contributed by atoms with Gasteiger partial charge in [0.2, 0.25) is 0 Å². The van der Waals surface area contributed by atoms with Crippen molar-refractivity contribution >= 4 is 11.6 Å². The lowest BCUT2D eigenvalue weighted by Gasteiger charge is -2.22. The maximum absolute atomic E-state index is 5.96. The van der Waals surface area contributed by atoms with Crippen LogP contribution in [0, 0.1) is 12.8 Å². The summed E-state index contributed by atoms with van der Waals surface area (Å²) < 4.78 is 1.97. The van der Waals surface area contributed by atoms with Gasteiger partial charge in [-0.25, -0.2) is 0 Å². The van der Waals surface area contributed by atoms with Crippen LogP contribution in [0.15, 0.2) is 6.20 Å². The van der Waals surface area contributed by atoms with Crippen molar-refractivity contribution in [2.45, 2.75) is 32.7 Å². The Morgan fingerprint density at radius 1 is 1.53 bits per heavy atom. The fourth-order valence-corrected chi connectivity index (χ4v) is 2.24. The highest BCUT2D eigenvalue weighted by molar-refractivity contribution is 6.31. The van der Waals surface area contributed by atoms with E-state index in [0.29, 0.717) is 0 Å². The summed E-state index contributed by atoms with van der Waals surface area (Å²) in [4.78, 5) is 0. The predicted octanol–water partition coefficient (Wildman–Crippen LogP) is 2.23. The maximum atomic E-state index is 5.96. The number of piperidine rings is 1. The van der Waals surface area contributed by atoms with E-state index in [1.54, 1.807) is 0 Å². The van der Waals surface area contributed by atoms with Gasteiger partial charge in [0.25, 0.3) is 0 Å². The van der Waals surface area contributed by atoms with Crippen LogP contribution in [-0.2, 0) is 6.54 Å². The van der Waals surface area contributed by atoms with Gasteiger partial charge in [-0.15, -0.1) is 0 Å². The first-order valence-electron chi connectivity index (χ1n) is 5.66. The van der Waals surface area contributed by atoms with Crippen LogP contribution in [0.3, 0.4) is 0 Å². The number of aromatic nitrogens is 2.